The first-order valence-electron chi connectivity index (χ1n) is 5.33. The molecule has 0 atom stereocenters. The zero-order valence-electron chi connectivity index (χ0n) is 8.88. The Morgan fingerprint density at radius 3 is 2.94 bits per heavy atom. The van der Waals surface area contributed by atoms with Crippen molar-refractivity contribution in [3.05, 3.63) is 34.6 Å². The molecule has 0 amide bonds. The third kappa shape index (κ3) is 2.80. The average Bonchev–Trinajstić information content (AvgIpc) is 2.22. The number of Topliss-reactive ketones (excluding diaryl/α,β-unsaturated/α-hetero) is 1. The second kappa shape index (κ2) is 4.93. The Balaban J connectivity index is 2.05. The predicted molar refractivity (Wildman–Crippen MR) is 60.9 cm³/mol. The SMILES string of the molecule is O=C1CCCN(Cc2ccc(F)cc2Cl)C1. The number of carbonyl (C=O) groups is 1. The van der Waals surface area contributed by atoms with Gasteiger partial charge in [0.05, 0.1) is 6.54 Å². The highest BCUT2D eigenvalue weighted by atomic mass is 35.5. The van der Waals surface area contributed by atoms with Crippen molar-refractivity contribution in [3.63, 3.8) is 0 Å². The minimum Gasteiger partial charge on any atom is -0.298 e. The van der Waals surface area contributed by atoms with Gasteiger partial charge in [-0.2, -0.15) is 0 Å². The standard InChI is InChI=1S/C12H13ClFNO/c13-12-6-10(14)4-3-9(12)7-15-5-1-2-11(16)8-15/h3-4,6H,1-2,5,7-8H2. The zero-order chi connectivity index (χ0) is 11.5. The highest BCUT2D eigenvalue weighted by Crippen LogP contribution is 2.20. The molecule has 0 radical (unpaired) electrons. The van der Waals surface area contributed by atoms with Crippen molar-refractivity contribution in [3.8, 4) is 0 Å². The number of hydrogen-bond donors (Lipinski definition) is 0. The summed E-state index contributed by atoms with van der Waals surface area (Å²) in [6.45, 7) is 2.00. The Hall–Kier alpha value is -0.930. The molecule has 1 aliphatic rings. The van der Waals surface area contributed by atoms with E-state index in [0.29, 0.717) is 24.5 Å². The lowest BCUT2D eigenvalue weighted by Crippen LogP contribution is -2.35. The van der Waals surface area contributed by atoms with E-state index in [4.69, 9.17) is 11.6 Å². The maximum absolute atomic E-state index is 12.8. The van der Waals surface area contributed by atoms with Gasteiger partial charge in [0.15, 0.2) is 0 Å². The molecule has 86 valence electrons. The van der Waals surface area contributed by atoms with E-state index in [-0.39, 0.29) is 11.6 Å². The first-order chi connectivity index (χ1) is 7.65. The molecule has 1 aromatic carbocycles. The van der Waals surface area contributed by atoms with Crippen LogP contribution in [0.1, 0.15) is 18.4 Å². The summed E-state index contributed by atoms with van der Waals surface area (Å²) in [5, 5.41) is 0.429. The number of hydrogen-bond acceptors (Lipinski definition) is 2. The van der Waals surface area contributed by atoms with Crippen LogP contribution in [0, 0.1) is 5.82 Å². The Labute approximate surface area is 99.0 Å². The molecule has 1 saturated heterocycles. The van der Waals surface area contributed by atoms with Crippen molar-refractivity contribution in [1.29, 1.82) is 0 Å². The van der Waals surface area contributed by atoms with Crippen LogP contribution in [0.5, 0.6) is 0 Å². The number of rotatable bonds is 2. The fourth-order valence-electron chi connectivity index (χ4n) is 1.93. The quantitative estimate of drug-likeness (QED) is 0.794. The minimum absolute atomic E-state index is 0.268. The molecular formula is C12H13ClFNO. The van der Waals surface area contributed by atoms with Crippen LogP contribution in [-0.2, 0) is 11.3 Å². The van der Waals surface area contributed by atoms with Crippen LogP contribution >= 0.6 is 11.6 Å². The Kier molecular flexibility index (Phi) is 3.56. The minimum atomic E-state index is -0.330. The molecule has 1 aromatic rings. The van der Waals surface area contributed by atoms with Crippen LogP contribution in [0.25, 0.3) is 0 Å². The fourth-order valence-corrected chi connectivity index (χ4v) is 2.16. The molecule has 4 heteroatoms. The first kappa shape index (κ1) is 11.6. The van der Waals surface area contributed by atoms with Crippen LogP contribution < -0.4 is 0 Å². The van der Waals surface area contributed by atoms with E-state index in [1.807, 2.05) is 4.90 Å². The number of carbonyl (C=O) groups excluding carboxylic acids is 1. The summed E-state index contributed by atoms with van der Waals surface area (Å²) in [5.41, 5.74) is 0.873. The molecule has 0 spiro atoms. The van der Waals surface area contributed by atoms with Gasteiger partial charge in [-0.05, 0) is 30.7 Å². The van der Waals surface area contributed by atoms with Crippen molar-refractivity contribution in [2.24, 2.45) is 0 Å². The number of likely N-dealkylation sites (tertiary alicyclic amines) is 1. The van der Waals surface area contributed by atoms with Gasteiger partial charge in [0.2, 0.25) is 0 Å². The Morgan fingerprint density at radius 2 is 2.25 bits per heavy atom. The van der Waals surface area contributed by atoms with Crippen molar-refractivity contribution in [2.75, 3.05) is 13.1 Å². The number of halogens is 2. The van der Waals surface area contributed by atoms with Crippen molar-refractivity contribution in [2.45, 2.75) is 19.4 Å². The third-order valence-electron chi connectivity index (χ3n) is 2.74. The second-order valence-electron chi connectivity index (χ2n) is 4.09. The summed E-state index contributed by atoms with van der Waals surface area (Å²) in [4.78, 5) is 13.3. The monoisotopic (exact) mass is 241 g/mol. The van der Waals surface area contributed by atoms with Crippen LogP contribution in [-0.4, -0.2) is 23.8 Å². The van der Waals surface area contributed by atoms with Gasteiger partial charge in [0, 0.05) is 18.0 Å². The molecule has 0 N–H and O–H groups in total. The lowest BCUT2D eigenvalue weighted by Gasteiger charge is -2.25. The summed E-state index contributed by atoms with van der Waals surface area (Å²) in [6.07, 6.45) is 1.57. The zero-order valence-corrected chi connectivity index (χ0v) is 9.63. The topological polar surface area (TPSA) is 20.3 Å². The summed E-state index contributed by atoms with van der Waals surface area (Å²) < 4.78 is 12.8. The molecule has 0 unspecified atom stereocenters. The average molecular weight is 242 g/mol. The number of piperidine rings is 1. The van der Waals surface area contributed by atoms with Gasteiger partial charge in [-0.1, -0.05) is 17.7 Å². The summed E-state index contributed by atoms with van der Waals surface area (Å²) >= 11 is 5.93. The molecule has 2 rings (SSSR count). The molecule has 1 heterocycles. The smallest absolute Gasteiger partial charge is 0.146 e. The van der Waals surface area contributed by atoms with Gasteiger partial charge in [0.25, 0.3) is 0 Å². The Bertz CT molecular complexity index is 408. The van der Waals surface area contributed by atoms with Gasteiger partial charge < -0.3 is 0 Å². The van der Waals surface area contributed by atoms with E-state index in [1.54, 1.807) is 6.07 Å². The van der Waals surface area contributed by atoms with Gasteiger partial charge in [-0.3, -0.25) is 9.69 Å². The van der Waals surface area contributed by atoms with Crippen molar-refractivity contribution < 1.29 is 9.18 Å². The molecule has 0 saturated carbocycles. The number of ketones is 1. The van der Waals surface area contributed by atoms with E-state index in [2.05, 4.69) is 0 Å². The molecule has 2 nitrogen and oxygen atoms in total. The normalized spacial score (nSPS) is 17.8. The molecule has 1 fully saturated rings. The highest BCUT2D eigenvalue weighted by molar-refractivity contribution is 6.31. The van der Waals surface area contributed by atoms with Gasteiger partial charge in [-0.15, -0.1) is 0 Å². The predicted octanol–water partition coefficient (Wildman–Crippen LogP) is 2.64. The molecule has 1 aliphatic heterocycles. The molecule has 0 aromatic heterocycles. The largest absolute Gasteiger partial charge is 0.298 e. The maximum atomic E-state index is 12.8. The van der Waals surface area contributed by atoms with E-state index in [0.717, 1.165) is 18.5 Å². The molecular weight excluding hydrogens is 229 g/mol. The third-order valence-corrected chi connectivity index (χ3v) is 3.09. The second-order valence-corrected chi connectivity index (χ2v) is 4.50. The number of benzene rings is 1. The van der Waals surface area contributed by atoms with Gasteiger partial charge >= 0.3 is 0 Å². The summed E-state index contributed by atoms with van der Waals surface area (Å²) in [5.74, 6) is -0.0621. The molecule has 0 bridgehead atoms. The van der Waals surface area contributed by atoms with Crippen LogP contribution in [0.3, 0.4) is 0 Å². The molecule has 16 heavy (non-hydrogen) atoms. The number of nitrogens with zero attached hydrogens (tertiary/aromatic N) is 1. The highest BCUT2D eigenvalue weighted by Gasteiger charge is 2.17. The maximum Gasteiger partial charge on any atom is 0.146 e. The van der Waals surface area contributed by atoms with Crippen LogP contribution in [0.15, 0.2) is 18.2 Å². The van der Waals surface area contributed by atoms with E-state index in [1.165, 1.54) is 12.1 Å². The first-order valence-corrected chi connectivity index (χ1v) is 5.71. The van der Waals surface area contributed by atoms with E-state index >= 15 is 0 Å². The lowest BCUT2D eigenvalue weighted by atomic mass is 10.1. The molecule has 0 aliphatic carbocycles. The Morgan fingerprint density at radius 1 is 1.44 bits per heavy atom. The van der Waals surface area contributed by atoms with Gasteiger partial charge in [0.1, 0.15) is 11.6 Å². The van der Waals surface area contributed by atoms with Crippen molar-refractivity contribution >= 4 is 17.4 Å². The van der Waals surface area contributed by atoms with Crippen LogP contribution in [0.2, 0.25) is 5.02 Å². The van der Waals surface area contributed by atoms with Crippen molar-refractivity contribution in [1.82, 2.24) is 4.90 Å². The van der Waals surface area contributed by atoms with E-state index < -0.39 is 0 Å². The summed E-state index contributed by atoms with van der Waals surface area (Å²) in [6, 6.07) is 4.38. The fraction of sp³-hybridized carbons (Fsp3) is 0.417. The van der Waals surface area contributed by atoms with Crippen LogP contribution in [0.4, 0.5) is 4.39 Å². The van der Waals surface area contributed by atoms with E-state index in [9.17, 15) is 9.18 Å². The summed E-state index contributed by atoms with van der Waals surface area (Å²) in [7, 11) is 0. The lowest BCUT2D eigenvalue weighted by molar-refractivity contribution is -0.122. The van der Waals surface area contributed by atoms with Gasteiger partial charge in [-0.25, -0.2) is 4.39 Å².